The Bertz CT molecular complexity index is 1520. The molecule has 2 N–H and O–H groups in total. The zero-order valence-corrected chi connectivity index (χ0v) is 22.1. The molecular weight excluding hydrogens is 516 g/mol. The fourth-order valence-corrected chi connectivity index (χ4v) is 5.06. The molecule has 0 bridgehead atoms. The number of amides is 1. The van der Waals surface area contributed by atoms with Crippen molar-refractivity contribution >= 4 is 40.3 Å². The average Bonchev–Trinajstić information content (AvgIpc) is 3.58. The van der Waals surface area contributed by atoms with Crippen LogP contribution in [0.5, 0.6) is 5.75 Å². The van der Waals surface area contributed by atoms with E-state index in [2.05, 4.69) is 15.6 Å². The van der Waals surface area contributed by atoms with Gasteiger partial charge in [0.15, 0.2) is 5.11 Å². The topological polar surface area (TPSA) is 115 Å². The monoisotopic (exact) mass is 542 g/mol. The van der Waals surface area contributed by atoms with Crippen molar-refractivity contribution in [2.75, 3.05) is 17.3 Å². The Morgan fingerprint density at radius 3 is 2.56 bits per heavy atom. The number of hydrogen-bond donors (Lipinski definition) is 2. The Kier molecular flexibility index (Phi) is 7.24. The van der Waals surface area contributed by atoms with E-state index < -0.39 is 4.92 Å². The molecule has 2 aromatic heterocycles. The summed E-state index contributed by atoms with van der Waals surface area (Å²) in [6, 6.07) is 21.0. The average molecular weight is 543 g/mol. The minimum atomic E-state index is -0.418. The molecule has 0 aliphatic carbocycles. The minimum Gasteiger partial charge on any atom is -0.494 e. The van der Waals surface area contributed by atoms with Gasteiger partial charge < -0.3 is 24.8 Å². The molecule has 11 heteroatoms. The van der Waals surface area contributed by atoms with Gasteiger partial charge in [0, 0.05) is 54.1 Å². The van der Waals surface area contributed by atoms with Crippen LogP contribution in [0, 0.1) is 10.1 Å². The third-order valence-corrected chi connectivity index (χ3v) is 6.89. The highest BCUT2D eigenvalue weighted by molar-refractivity contribution is 7.80. The summed E-state index contributed by atoms with van der Waals surface area (Å²) in [5.74, 6) is 0.385. The number of thiocarbonyl (C=S) groups is 1. The number of aromatic nitrogens is 2. The van der Waals surface area contributed by atoms with Crippen molar-refractivity contribution in [3.8, 4) is 11.4 Å². The van der Waals surface area contributed by atoms with Crippen molar-refractivity contribution in [3.05, 3.63) is 107 Å². The predicted octanol–water partition coefficient (Wildman–Crippen LogP) is 5.31. The summed E-state index contributed by atoms with van der Waals surface area (Å²) in [6.07, 6.45) is 4.00. The highest BCUT2D eigenvalue weighted by Crippen LogP contribution is 2.44. The molecule has 0 unspecified atom stereocenters. The lowest BCUT2D eigenvalue weighted by molar-refractivity contribution is -0.384. The van der Waals surface area contributed by atoms with Gasteiger partial charge in [-0.1, -0.05) is 13.0 Å². The fourth-order valence-electron chi connectivity index (χ4n) is 4.71. The van der Waals surface area contributed by atoms with Crippen molar-refractivity contribution in [2.24, 2.45) is 0 Å². The van der Waals surface area contributed by atoms with E-state index in [-0.39, 0.29) is 23.7 Å². The van der Waals surface area contributed by atoms with Gasteiger partial charge in [-0.05, 0) is 60.7 Å². The lowest BCUT2D eigenvalue weighted by atomic mass is 10.0. The molecule has 10 nitrogen and oxygen atoms in total. The van der Waals surface area contributed by atoms with Crippen LogP contribution in [0.4, 0.5) is 17.1 Å². The van der Waals surface area contributed by atoms with Crippen LogP contribution in [0.15, 0.2) is 85.2 Å². The molecular formula is C28H26N6O4S. The Morgan fingerprint density at radius 2 is 1.90 bits per heavy atom. The van der Waals surface area contributed by atoms with E-state index in [1.54, 1.807) is 38.4 Å². The number of nitro groups is 1. The van der Waals surface area contributed by atoms with Crippen LogP contribution >= 0.6 is 12.2 Å². The summed E-state index contributed by atoms with van der Waals surface area (Å²) < 4.78 is 7.60. The molecule has 198 valence electrons. The van der Waals surface area contributed by atoms with Crippen molar-refractivity contribution in [2.45, 2.75) is 25.4 Å². The number of nitrogens with one attached hydrogen (secondary N) is 2. The van der Waals surface area contributed by atoms with Crippen molar-refractivity contribution in [1.82, 2.24) is 14.9 Å². The molecule has 5 rings (SSSR count). The van der Waals surface area contributed by atoms with E-state index >= 15 is 0 Å². The Balaban J connectivity index is 1.61. The first-order valence-electron chi connectivity index (χ1n) is 12.3. The SMILES string of the molecule is CCC(=O)Nc1ccc(N2C(=S)N[C@@H](c3ccccn3)[C@H]2c2cccn2-c2ccc([N+](=O)[O-])cc2)cc1OC. The fraction of sp³-hybridized carbons (Fsp3) is 0.179. The number of nitro benzene ring substituents is 1. The summed E-state index contributed by atoms with van der Waals surface area (Å²) in [5, 5.41) is 18.0. The molecule has 1 fully saturated rings. The molecule has 0 radical (unpaired) electrons. The Morgan fingerprint density at radius 1 is 1.13 bits per heavy atom. The van der Waals surface area contributed by atoms with Crippen LogP contribution in [-0.2, 0) is 4.79 Å². The molecule has 1 saturated heterocycles. The molecule has 1 amide bonds. The van der Waals surface area contributed by atoms with Crippen molar-refractivity contribution < 1.29 is 14.5 Å². The van der Waals surface area contributed by atoms with Crippen LogP contribution < -0.4 is 20.3 Å². The maximum absolute atomic E-state index is 12.0. The number of methoxy groups -OCH3 is 1. The summed E-state index contributed by atoms with van der Waals surface area (Å²) in [4.78, 5) is 29.4. The van der Waals surface area contributed by atoms with E-state index in [4.69, 9.17) is 17.0 Å². The number of ether oxygens (including phenoxy) is 1. The van der Waals surface area contributed by atoms with Crippen LogP contribution in [0.2, 0.25) is 0 Å². The summed E-state index contributed by atoms with van der Waals surface area (Å²) >= 11 is 5.85. The maximum atomic E-state index is 12.0. The van der Waals surface area contributed by atoms with E-state index in [9.17, 15) is 14.9 Å². The van der Waals surface area contributed by atoms with E-state index in [0.717, 1.165) is 22.8 Å². The number of hydrogen-bond acceptors (Lipinski definition) is 6. The van der Waals surface area contributed by atoms with Gasteiger partial charge in [0.2, 0.25) is 5.91 Å². The van der Waals surface area contributed by atoms with E-state index in [1.165, 1.54) is 12.1 Å². The number of non-ortho nitro benzene ring substituents is 1. The third-order valence-electron chi connectivity index (χ3n) is 6.58. The molecule has 0 spiro atoms. The van der Waals surface area contributed by atoms with Crippen LogP contribution in [0.1, 0.15) is 36.8 Å². The van der Waals surface area contributed by atoms with E-state index in [0.29, 0.717) is 23.0 Å². The number of benzene rings is 2. The first-order chi connectivity index (χ1) is 18.9. The summed E-state index contributed by atoms with van der Waals surface area (Å²) in [5.41, 5.74) is 3.83. The quantitative estimate of drug-likeness (QED) is 0.175. The van der Waals surface area contributed by atoms with Crippen LogP contribution in [-0.4, -0.2) is 32.6 Å². The zero-order valence-electron chi connectivity index (χ0n) is 21.3. The zero-order chi connectivity index (χ0) is 27.5. The highest BCUT2D eigenvalue weighted by atomic mass is 32.1. The summed E-state index contributed by atoms with van der Waals surface area (Å²) in [6.45, 7) is 1.78. The minimum absolute atomic E-state index is 0.0199. The number of carbonyl (C=O) groups is 1. The van der Waals surface area contributed by atoms with Gasteiger partial charge in [0.25, 0.3) is 5.69 Å². The number of rotatable bonds is 8. The van der Waals surface area contributed by atoms with Crippen LogP contribution in [0.3, 0.4) is 0 Å². The normalized spacial score (nSPS) is 16.6. The van der Waals surface area contributed by atoms with Gasteiger partial charge in [-0.2, -0.15) is 0 Å². The maximum Gasteiger partial charge on any atom is 0.269 e. The lowest BCUT2D eigenvalue weighted by Crippen LogP contribution is -2.30. The second-order valence-electron chi connectivity index (χ2n) is 8.86. The van der Waals surface area contributed by atoms with Gasteiger partial charge in [-0.15, -0.1) is 0 Å². The van der Waals surface area contributed by atoms with Gasteiger partial charge >= 0.3 is 0 Å². The second kappa shape index (κ2) is 10.9. The standard InChI is InChI=1S/C28H26N6O4S/c1-3-25(35)30-21-14-13-20(17-24(21)38-2)33-27(26(31-28(33)39)22-7-4-5-15-29-22)23-8-6-16-32(23)18-9-11-19(12-10-18)34(36)37/h4-17,26-27H,3H2,1-2H3,(H,30,35)(H,31,39)/t26-,27+/m0/s1. The molecule has 0 saturated carbocycles. The number of pyridine rings is 1. The number of nitrogens with zero attached hydrogens (tertiary/aromatic N) is 4. The van der Waals surface area contributed by atoms with Gasteiger partial charge in [0.1, 0.15) is 11.8 Å². The predicted molar refractivity (Wildman–Crippen MR) is 152 cm³/mol. The van der Waals surface area contributed by atoms with Crippen molar-refractivity contribution in [1.29, 1.82) is 0 Å². The van der Waals surface area contributed by atoms with E-state index in [1.807, 2.05) is 58.1 Å². The Labute approximate surface area is 230 Å². The van der Waals surface area contributed by atoms with Gasteiger partial charge in [-0.25, -0.2) is 0 Å². The molecule has 4 aromatic rings. The lowest BCUT2D eigenvalue weighted by Gasteiger charge is -2.29. The molecule has 39 heavy (non-hydrogen) atoms. The highest BCUT2D eigenvalue weighted by Gasteiger charge is 2.42. The van der Waals surface area contributed by atoms with Crippen LogP contribution in [0.25, 0.3) is 5.69 Å². The first kappa shape index (κ1) is 25.9. The molecule has 3 heterocycles. The first-order valence-corrected chi connectivity index (χ1v) is 12.7. The largest absolute Gasteiger partial charge is 0.494 e. The smallest absolute Gasteiger partial charge is 0.269 e. The molecule has 1 aliphatic heterocycles. The Hall–Kier alpha value is -4.77. The molecule has 2 aromatic carbocycles. The summed E-state index contributed by atoms with van der Waals surface area (Å²) in [7, 11) is 1.55. The second-order valence-corrected chi connectivity index (χ2v) is 9.25. The van der Waals surface area contributed by atoms with Gasteiger partial charge in [0.05, 0.1) is 29.5 Å². The molecule has 2 atom stereocenters. The van der Waals surface area contributed by atoms with Gasteiger partial charge in [-0.3, -0.25) is 19.9 Å². The third kappa shape index (κ3) is 5.04. The molecule has 1 aliphatic rings. The van der Waals surface area contributed by atoms with Crippen molar-refractivity contribution in [3.63, 3.8) is 0 Å². The number of anilines is 2. The number of carbonyl (C=O) groups excluding carboxylic acids is 1.